The van der Waals surface area contributed by atoms with Crippen LogP contribution in [0, 0.1) is 6.92 Å². The van der Waals surface area contributed by atoms with Crippen molar-refractivity contribution in [1.82, 2.24) is 10.2 Å². The summed E-state index contributed by atoms with van der Waals surface area (Å²) in [6, 6.07) is 12.3. The Morgan fingerprint density at radius 3 is 2.50 bits per heavy atom. The summed E-state index contributed by atoms with van der Waals surface area (Å²) < 4.78 is 44.7. The van der Waals surface area contributed by atoms with Crippen LogP contribution in [0.2, 0.25) is 0 Å². The van der Waals surface area contributed by atoms with Crippen LogP contribution in [-0.4, -0.2) is 21.4 Å². The number of carbonyl (C=O) groups excluding carboxylic acids is 1. The molecule has 2 aromatic carbocycles. The second kappa shape index (κ2) is 8.05. The van der Waals surface area contributed by atoms with E-state index in [1.807, 2.05) is 31.2 Å². The van der Waals surface area contributed by atoms with Gasteiger partial charge in [-0.05, 0) is 37.6 Å². The van der Waals surface area contributed by atoms with E-state index >= 15 is 0 Å². The number of aryl methyl sites for hydroxylation is 1. The molecule has 1 aromatic heterocycles. The number of rotatable bonds is 5. The summed E-state index contributed by atoms with van der Waals surface area (Å²) in [7, 11) is 0. The molecule has 0 bridgehead atoms. The van der Waals surface area contributed by atoms with E-state index in [2.05, 4.69) is 15.5 Å². The Balaban J connectivity index is 1.70. The van der Waals surface area contributed by atoms with Crippen LogP contribution in [-0.2, 0) is 11.0 Å². The number of aromatic nitrogens is 2. The van der Waals surface area contributed by atoms with E-state index in [1.165, 1.54) is 18.2 Å². The van der Waals surface area contributed by atoms with Gasteiger partial charge in [0.25, 0.3) is 5.22 Å². The van der Waals surface area contributed by atoms with Gasteiger partial charge in [-0.3, -0.25) is 4.79 Å². The zero-order valence-corrected chi connectivity index (χ0v) is 15.8. The number of halogens is 3. The van der Waals surface area contributed by atoms with Gasteiger partial charge in [-0.2, -0.15) is 13.2 Å². The Morgan fingerprint density at radius 1 is 1.11 bits per heavy atom. The maximum atomic E-state index is 13.1. The second-order valence-corrected chi connectivity index (χ2v) is 7.27. The van der Waals surface area contributed by atoms with Crippen molar-refractivity contribution in [1.29, 1.82) is 0 Å². The molecule has 1 N–H and O–H groups in total. The number of amides is 1. The van der Waals surface area contributed by atoms with Gasteiger partial charge in [0.15, 0.2) is 0 Å². The van der Waals surface area contributed by atoms with Crippen LogP contribution in [0.5, 0.6) is 0 Å². The van der Waals surface area contributed by atoms with Crippen molar-refractivity contribution in [2.45, 2.75) is 30.5 Å². The molecule has 0 unspecified atom stereocenters. The monoisotopic (exact) mass is 407 g/mol. The summed E-state index contributed by atoms with van der Waals surface area (Å²) >= 11 is 0.972. The minimum absolute atomic E-state index is 0.157. The Labute approximate surface area is 163 Å². The van der Waals surface area contributed by atoms with Gasteiger partial charge in [-0.25, -0.2) is 0 Å². The zero-order chi connectivity index (χ0) is 20.3. The fourth-order valence-electron chi connectivity index (χ4n) is 2.46. The molecule has 146 valence electrons. The highest BCUT2D eigenvalue weighted by Gasteiger charge is 2.34. The third-order valence-electron chi connectivity index (χ3n) is 3.92. The average molecular weight is 407 g/mol. The number of benzene rings is 2. The molecular weight excluding hydrogens is 391 g/mol. The lowest BCUT2D eigenvalue weighted by atomic mass is 10.1. The highest BCUT2D eigenvalue weighted by molar-refractivity contribution is 8.00. The Bertz CT molecular complexity index is 988. The molecule has 0 aliphatic carbocycles. The van der Waals surface area contributed by atoms with Gasteiger partial charge in [0.05, 0.1) is 16.5 Å². The first-order valence-electron chi connectivity index (χ1n) is 8.29. The SMILES string of the molecule is Cc1ccccc1-c1nnc(S[C@H](C)C(=O)Nc2ccccc2C(F)(F)F)o1. The van der Waals surface area contributed by atoms with Crippen LogP contribution in [0.25, 0.3) is 11.5 Å². The predicted octanol–water partition coefficient (Wildman–Crippen LogP) is 5.18. The van der Waals surface area contributed by atoms with E-state index in [4.69, 9.17) is 4.42 Å². The fourth-order valence-corrected chi connectivity index (χ4v) is 3.14. The van der Waals surface area contributed by atoms with Crippen molar-refractivity contribution < 1.29 is 22.4 Å². The molecule has 0 aliphatic rings. The molecule has 5 nitrogen and oxygen atoms in total. The number of anilines is 1. The van der Waals surface area contributed by atoms with Gasteiger partial charge in [-0.15, -0.1) is 10.2 Å². The molecule has 1 atom stereocenters. The number of alkyl halides is 3. The van der Waals surface area contributed by atoms with Crippen molar-refractivity contribution in [3.8, 4) is 11.5 Å². The maximum Gasteiger partial charge on any atom is 0.418 e. The molecule has 0 saturated carbocycles. The van der Waals surface area contributed by atoms with Gasteiger partial charge in [0.2, 0.25) is 11.8 Å². The minimum Gasteiger partial charge on any atom is -0.411 e. The van der Waals surface area contributed by atoms with Gasteiger partial charge in [-0.1, -0.05) is 42.1 Å². The molecule has 28 heavy (non-hydrogen) atoms. The summed E-state index contributed by atoms with van der Waals surface area (Å²) in [6.45, 7) is 3.45. The lowest BCUT2D eigenvalue weighted by Crippen LogP contribution is -2.24. The molecule has 3 rings (SSSR count). The van der Waals surface area contributed by atoms with Crippen LogP contribution in [0.4, 0.5) is 18.9 Å². The van der Waals surface area contributed by atoms with E-state index in [9.17, 15) is 18.0 Å². The fraction of sp³-hybridized carbons (Fsp3) is 0.211. The van der Waals surface area contributed by atoms with Crippen molar-refractivity contribution in [3.63, 3.8) is 0 Å². The van der Waals surface area contributed by atoms with Crippen LogP contribution in [0.15, 0.2) is 58.2 Å². The Kier molecular flexibility index (Phi) is 5.73. The van der Waals surface area contributed by atoms with Crippen LogP contribution >= 0.6 is 11.8 Å². The van der Waals surface area contributed by atoms with Gasteiger partial charge < -0.3 is 9.73 Å². The summed E-state index contributed by atoms with van der Waals surface area (Å²) in [5.41, 5.74) is 0.536. The molecule has 0 aliphatic heterocycles. The Morgan fingerprint density at radius 2 is 1.79 bits per heavy atom. The number of nitrogens with one attached hydrogen (secondary N) is 1. The molecular formula is C19H16F3N3O2S. The number of thioether (sulfide) groups is 1. The van der Waals surface area contributed by atoms with Crippen LogP contribution in [0.1, 0.15) is 18.1 Å². The third-order valence-corrected chi connectivity index (χ3v) is 4.85. The van der Waals surface area contributed by atoms with E-state index in [0.29, 0.717) is 5.89 Å². The molecule has 0 saturated heterocycles. The summed E-state index contributed by atoms with van der Waals surface area (Å²) in [5.74, 6) is -0.284. The number of carbonyl (C=O) groups is 1. The smallest absolute Gasteiger partial charge is 0.411 e. The highest BCUT2D eigenvalue weighted by atomic mass is 32.2. The maximum absolute atomic E-state index is 13.1. The standard InChI is InChI=1S/C19H16F3N3O2S/c1-11-7-3-4-8-13(11)17-24-25-18(27-17)28-12(2)16(26)23-15-10-6-5-9-14(15)19(20,21)22/h3-10,12H,1-2H3,(H,23,26)/t12-/m1/s1. The molecule has 9 heteroatoms. The lowest BCUT2D eigenvalue weighted by Gasteiger charge is -2.15. The zero-order valence-electron chi connectivity index (χ0n) is 14.9. The summed E-state index contributed by atoms with van der Waals surface area (Å²) in [5, 5.41) is 9.61. The third kappa shape index (κ3) is 4.53. The van der Waals surface area contributed by atoms with Gasteiger partial charge in [0.1, 0.15) is 0 Å². The topological polar surface area (TPSA) is 68.0 Å². The van der Waals surface area contributed by atoms with Crippen molar-refractivity contribution in [3.05, 3.63) is 59.7 Å². The first kappa shape index (κ1) is 19.9. The van der Waals surface area contributed by atoms with E-state index in [-0.39, 0.29) is 10.9 Å². The molecule has 0 fully saturated rings. The molecule has 3 aromatic rings. The van der Waals surface area contributed by atoms with E-state index < -0.39 is 22.9 Å². The average Bonchev–Trinajstić information content (AvgIpc) is 3.09. The molecule has 1 amide bonds. The van der Waals surface area contributed by atoms with Crippen LogP contribution in [0.3, 0.4) is 0 Å². The molecule has 0 radical (unpaired) electrons. The van der Waals surface area contributed by atoms with E-state index in [1.54, 1.807) is 6.92 Å². The number of hydrogen-bond donors (Lipinski definition) is 1. The summed E-state index contributed by atoms with van der Waals surface area (Å²) in [4.78, 5) is 12.3. The van der Waals surface area contributed by atoms with Gasteiger partial charge in [0, 0.05) is 5.56 Å². The summed E-state index contributed by atoms with van der Waals surface area (Å²) in [6.07, 6.45) is -4.56. The largest absolute Gasteiger partial charge is 0.418 e. The number of nitrogens with zero attached hydrogens (tertiary/aromatic N) is 2. The molecule has 0 spiro atoms. The quantitative estimate of drug-likeness (QED) is 0.590. The van der Waals surface area contributed by atoms with Gasteiger partial charge >= 0.3 is 6.18 Å². The first-order valence-corrected chi connectivity index (χ1v) is 9.17. The van der Waals surface area contributed by atoms with Crippen LogP contribution < -0.4 is 5.32 Å². The minimum atomic E-state index is -4.56. The first-order chi connectivity index (χ1) is 13.3. The number of hydrogen-bond acceptors (Lipinski definition) is 5. The van der Waals surface area contributed by atoms with Crippen molar-refractivity contribution in [2.75, 3.05) is 5.32 Å². The Hall–Kier alpha value is -2.81. The second-order valence-electron chi connectivity index (χ2n) is 5.98. The normalized spacial score (nSPS) is 12.6. The van der Waals surface area contributed by atoms with E-state index in [0.717, 1.165) is 29.0 Å². The highest BCUT2D eigenvalue weighted by Crippen LogP contribution is 2.35. The predicted molar refractivity (Wildman–Crippen MR) is 99.9 cm³/mol. The molecule has 1 heterocycles. The van der Waals surface area contributed by atoms with Crippen molar-refractivity contribution in [2.24, 2.45) is 0 Å². The lowest BCUT2D eigenvalue weighted by molar-refractivity contribution is -0.137. The number of para-hydroxylation sites is 1. The van der Waals surface area contributed by atoms with Crippen molar-refractivity contribution >= 4 is 23.4 Å².